The summed E-state index contributed by atoms with van der Waals surface area (Å²) < 4.78 is 14.8. The zero-order valence-corrected chi connectivity index (χ0v) is 15.6. The minimum absolute atomic E-state index is 0.0193. The summed E-state index contributed by atoms with van der Waals surface area (Å²) in [6.07, 6.45) is 3.11. The largest absolute Gasteiger partial charge is 0.309 e. The van der Waals surface area contributed by atoms with Crippen molar-refractivity contribution >= 4 is 34.4 Å². The van der Waals surface area contributed by atoms with E-state index < -0.39 is 0 Å². The minimum Gasteiger partial charge on any atom is -0.309 e. The average molecular weight is 396 g/mol. The Hall–Kier alpha value is -3.32. The number of hydrogen-bond acceptors (Lipinski definition) is 4. The van der Waals surface area contributed by atoms with Crippen molar-refractivity contribution in [3.8, 4) is 11.1 Å². The van der Waals surface area contributed by atoms with E-state index in [9.17, 15) is 9.18 Å². The number of fused-ring (bicyclic) bond motifs is 1. The number of carbonyl (C=O) groups excluding carboxylic acids is 1. The first kappa shape index (κ1) is 18.1. The fourth-order valence-electron chi connectivity index (χ4n) is 3.03. The first-order valence-electron chi connectivity index (χ1n) is 8.51. The van der Waals surface area contributed by atoms with Crippen LogP contribution in [-0.4, -0.2) is 25.7 Å². The van der Waals surface area contributed by atoms with Crippen LogP contribution >= 0.6 is 11.6 Å². The number of anilines is 1. The lowest BCUT2D eigenvalue weighted by molar-refractivity contribution is -0.116. The van der Waals surface area contributed by atoms with Crippen molar-refractivity contribution in [1.82, 2.24) is 19.7 Å². The Morgan fingerprint density at radius 2 is 1.93 bits per heavy atom. The number of rotatable bonds is 4. The van der Waals surface area contributed by atoms with E-state index in [-0.39, 0.29) is 18.3 Å². The number of aromatic nitrogens is 4. The Bertz CT molecular complexity index is 1160. The maximum Gasteiger partial charge on any atom is 0.247 e. The second kappa shape index (κ2) is 7.36. The van der Waals surface area contributed by atoms with Crippen LogP contribution in [0.2, 0.25) is 5.02 Å². The van der Waals surface area contributed by atoms with Crippen LogP contribution in [0.25, 0.3) is 22.2 Å². The molecule has 3 heterocycles. The maximum atomic E-state index is 13.3. The van der Waals surface area contributed by atoms with E-state index in [1.54, 1.807) is 35.1 Å². The summed E-state index contributed by atoms with van der Waals surface area (Å²) in [4.78, 5) is 20.8. The molecule has 0 fully saturated rings. The summed E-state index contributed by atoms with van der Waals surface area (Å²) >= 11 is 5.80. The molecule has 1 aromatic carbocycles. The molecular weight excluding hydrogens is 381 g/mol. The Morgan fingerprint density at radius 3 is 2.64 bits per heavy atom. The van der Waals surface area contributed by atoms with Gasteiger partial charge in [0.25, 0.3) is 0 Å². The normalized spacial score (nSPS) is 11.0. The molecule has 1 N–H and O–H groups in total. The molecule has 4 aromatic rings. The van der Waals surface area contributed by atoms with Crippen molar-refractivity contribution in [2.45, 2.75) is 13.5 Å². The molecule has 0 saturated carbocycles. The van der Waals surface area contributed by atoms with Crippen molar-refractivity contribution < 1.29 is 9.18 Å². The van der Waals surface area contributed by atoms with E-state index in [0.29, 0.717) is 16.5 Å². The van der Waals surface area contributed by atoms with Crippen LogP contribution in [-0.2, 0) is 11.3 Å². The third-order valence-electron chi connectivity index (χ3n) is 4.25. The van der Waals surface area contributed by atoms with Gasteiger partial charge in [0.2, 0.25) is 5.91 Å². The van der Waals surface area contributed by atoms with Gasteiger partial charge in [0.05, 0.1) is 10.7 Å². The van der Waals surface area contributed by atoms with Gasteiger partial charge in [-0.2, -0.15) is 5.10 Å². The first-order valence-corrected chi connectivity index (χ1v) is 8.88. The van der Waals surface area contributed by atoms with Gasteiger partial charge in [-0.1, -0.05) is 23.7 Å². The third kappa shape index (κ3) is 3.57. The van der Waals surface area contributed by atoms with Crippen LogP contribution in [0.4, 0.5) is 10.2 Å². The summed E-state index contributed by atoms with van der Waals surface area (Å²) in [5, 5.41) is 8.49. The molecule has 1 amide bonds. The van der Waals surface area contributed by atoms with E-state index in [2.05, 4.69) is 20.4 Å². The van der Waals surface area contributed by atoms with Crippen LogP contribution in [0.15, 0.2) is 54.9 Å². The SMILES string of the molecule is Cc1nn(CC(=O)Nc2ccc(Cl)cn2)c2nccc(-c3ccc(F)cc3)c12. The van der Waals surface area contributed by atoms with Crippen LogP contribution in [0.3, 0.4) is 0 Å². The minimum atomic E-state index is -0.297. The van der Waals surface area contributed by atoms with Gasteiger partial charge in [0.15, 0.2) is 5.65 Å². The van der Waals surface area contributed by atoms with Crippen LogP contribution in [0.5, 0.6) is 0 Å². The molecule has 0 bridgehead atoms. The maximum absolute atomic E-state index is 13.3. The lowest BCUT2D eigenvalue weighted by atomic mass is 10.0. The summed E-state index contributed by atoms with van der Waals surface area (Å²) in [6, 6.07) is 11.4. The molecule has 140 valence electrons. The highest BCUT2D eigenvalue weighted by atomic mass is 35.5. The molecule has 6 nitrogen and oxygen atoms in total. The summed E-state index contributed by atoms with van der Waals surface area (Å²) in [6.45, 7) is 1.83. The first-order chi connectivity index (χ1) is 13.5. The fraction of sp³-hybridized carbons (Fsp3) is 0.100. The van der Waals surface area contributed by atoms with Crippen molar-refractivity contribution in [1.29, 1.82) is 0 Å². The van der Waals surface area contributed by atoms with Gasteiger partial charge in [-0.15, -0.1) is 0 Å². The van der Waals surface area contributed by atoms with Gasteiger partial charge in [-0.25, -0.2) is 19.0 Å². The predicted molar refractivity (Wildman–Crippen MR) is 106 cm³/mol. The standard InChI is InChI=1S/C20H15ClFN5O/c1-12-19-16(13-2-5-15(22)6-3-13)8-9-23-20(19)27(26-12)11-18(28)25-17-7-4-14(21)10-24-17/h2-10H,11H2,1H3,(H,24,25,28). The van der Waals surface area contributed by atoms with Gasteiger partial charge in [-0.3, -0.25) is 4.79 Å². The van der Waals surface area contributed by atoms with Crippen LogP contribution in [0, 0.1) is 12.7 Å². The summed E-state index contributed by atoms with van der Waals surface area (Å²) in [5.41, 5.74) is 3.05. The molecule has 0 radical (unpaired) electrons. The van der Waals surface area contributed by atoms with Crippen molar-refractivity contribution in [2.24, 2.45) is 0 Å². The molecule has 3 aromatic heterocycles. The lowest BCUT2D eigenvalue weighted by Gasteiger charge is -2.06. The highest BCUT2D eigenvalue weighted by Gasteiger charge is 2.16. The predicted octanol–water partition coefficient (Wildman–Crippen LogP) is 4.23. The second-order valence-corrected chi connectivity index (χ2v) is 6.65. The Morgan fingerprint density at radius 1 is 1.14 bits per heavy atom. The van der Waals surface area contributed by atoms with E-state index in [4.69, 9.17) is 11.6 Å². The topological polar surface area (TPSA) is 72.7 Å². The zero-order valence-electron chi connectivity index (χ0n) is 14.9. The lowest BCUT2D eigenvalue weighted by Crippen LogP contribution is -2.20. The fourth-order valence-corrected chi connectivity index (χ4v) is 3.14. The second-order valence-electron chi connectivity index (χ2n) is 6.22. The Balaban J connectivity index is 1.65. The molecule has 0 saturated heterocycles. The van der Waals surface area contributed by atoms with Crippen molar-refractivity contribution in [3.63, 3.8) is 0 Å². The molecular formula is C20H15ClFN5O. The molecule has 0 unspecified atom stereocenters. The summed E-state index contributed by atoms with van der Waals surface area (Å²) in [5.74, 6) is -0.176. The van der Waals surface area contributed by atoms with Crippen LogP contribution in [0.1, 0.15) is 5.69 Å². The van der Waals surface area contributed by atoms with Gasteiger partial charge in [0.1, 0.15) is 18.2 Å². The monoisotopic (exact) mass is 395 g/mol. The van der Waals surface area contributed by atoms with Gasteiger partial charge in [0, 0.05) is 17.8 Å². The molecule has 0 aliphatic rings. The Labute approximate surface area is 165 Å². The molecule has 0 spiro atoms. The molecule has 4 rings (SSSR count). The molecule has 28 heavy (non-hydrogen) atoms. The molecule has 0 aliphatic carbocycles. The molecule has 8 heteroatoms. The van der Waals surface area contributed by atoms with E-state index in [0.717, 1.165) is 22.2 Å². The zero-order chi connectivity index (χ0) is 19.7. The molecule has 0 atom stereocenters. The molecule has 0 aliphatic heterocycles. The van der Waals surface area contributed by atoms with Crippen molar-refractivity contribution in [3.05, 3.63) is 71.4 Å². The number of carbonyl (C=O) groups is 1. The van der Waals surface area contributed by atoms with Crippen molar-refractivity contribution in [2.75, 3.05) is 5.32 Å². The number of nitrogens with one attached hydrogen (secondary N) is 1. The van der Waals surface area contributed by atoms with Crippen LogP contribution < -0.4 is 5.32 Å². The highest BCUT2D eigenvalue weighted by Crippen LogP contribution is 2.29. The number of hydrogen-bond donors (Lipinski definition) is 1. The summed E-state index contributed by atoms with van der Waals surface area (Å²) in [7, 11) is 0. The number of pyridine rings is 2. The average Bonchev–Trinajstić information content (AvgIpc) is 3.00. The number of amides is 1. The van der Waals surface area contributed by atoms with E-state index in [1.165, 1.54) is 18.3 Å². The smallest absolute Gasteiger partial charge is 0.247 e. The van der Waals surface area contributed by atoms with E-state index >= 15 is 0 Å². The quantitative estimate of drug-likeness (QED) is 0.561. The number of halogens is 2. The van der Waals surface area contributed by atoms with Gasteiger partial charge >= 0.3 is 0 Å². The Kier molecular flexibility index (Phi) is 4.75. The number of aryl methyl sites for hydroxylation is 1. The van der Waals surface area contributed by atoms with E-state index in [1.807, 2.05) is 13.0 Å². The van der Waals surface area contributed by atoms with Gasteiger partial charge < -0.3 is 5.32 Å². The van der Waals surface area contributed by atoms with Gasteiger partial charge in [-0.05, 0) is 48.4 Å². The third-order valence-corrected chi connectivity index (χ3v) is 4.48. The number of nitrogens with zero attached hydrogens (tertiary/aromatic N) is 4. The highest BCUT2D eigenvalue weighted by molar-refractivity contribution is 6.30. The number of benzene rings is 1.